The summed E-state index contributed by atoms with van der Waals surface area (Å²) >= 11 is 0. The molecule has 0 radical (unpaired) electrons. The number of hydrogen-bond donors (Lipinski definition) is 2. The van der Waals surface area contributed by atoms with Crippen LogP contribution >= 0.6 is 0 Å². The Bertz CT molecular complexity index is 584. The lowest BCUT2D eigenvalue weighted by atomic mass is 10.2. The number of ether oxygens (including phenoxy) is 1. The number of rotatable bonds is 4. The predicted molar refractivity (Wildman–Crippen MR) is 64.4 cm³/mol. The molecule has 0 aliphatic rings. The zero-order valence-corrected chi connectivity index (χ0v) is 9.98. The third kappa shape index (κ3) is 3.27. The van der Waals surface area contributed by atoms with E-state index in [9.17, 15) is 13.6 Å². The summed E-state index contributed by atoms with van der Waals surface area (Å²) in [7, 11) is 0. The molecule has 0 bridgehead atoms. The van der Waals surface area contributed by atoms with Gasteiger partial charge in [-0.15, -0.1) is 0 Å². The van der Waals surface area contributed by atoms with Gasteiger partial charge in [0.2, 0.25) is 0 Å². The molecule has 0 spiro atoms. The minimum atomic E-state index is -2.92. The van der Waals surface area contributed by atoms with Gasteiger partial charge >= 0.3 is 6.61 Å². The Hall–Kier alpha value is -2.44. The molecule has 0 atom stereocenters. The molecule has 0 fully saturated rings. The fourth-order valence-electron chi connectivity index (χ4n) is 1.47. The number of aryl methyl sites for hydroxylation is 1. The van der Waals surface area contributed by atoms with Gasteiger partial charge in [-0.3, -0.25) is 9.89 Å². The third-order valence-corrected chi connectivity index (χ3v) is 2.39. The van der Waals surface area contributed by atoms with Crippen LogP contribution in [0.3, 0.4) is 0 Å². The number of nitrogens with one attached hydrogen (secondary N) is 2. The molecule has 100 valence electrons. The zero-order chi connectivity index (χ0) is 13.8. The Kier molecular flexibility index (Phi) is 3.74. The number of benzene rings is 1. The van der Waals surface area contributed by atoms with Crippen LogP contribution in [0, 0.1) is 6.92 Å². The molecule has 1 heterocycles. The van der Waals surface area contributed by atoms with Gasteiger partial charge in [-0.25, -0.2) is 0 Å². The first-order valence-electron chi connectivity index (χ1n) is 5.42. The Morgan fingerprint density at radius 1 is 1.47 bits per heavy atom. The average Bonchev–Trinajstić information content (AvgIpc) is 2.74. The fraction of sp³-hybridized carbons (Fsp3) is 0.167. The molecule has 19 heavy (non-hydrogen) atoms. The van der Waals surface area contributed by atoms with Gasteiger partial charge in [-0.05, 0) is 25.1 Å². The van der Waals surface area contributed by atoms with E-state index in [0.717, 1.165) is 5.56 Å². The number of alkyl halides is 2. The Morgan fingerprint density at radius 3 is 2.89 bits per heavy atom. The maximum Gasteiger partial charge on any atom is 0.387 e. The minimum Gasteiger partial charge on any atom is -0.435 e. The highest BCUT2D eigenvalue weighted by molar-refractivity contribution is 6.04. The van der Waals surface area contributed by atoms with Gasteiger partial charge in [-0.1, -0.05) is 6.07 Å². The van der Waals surface area contributed by atoms with E-state index < -0.39 is 12.5 Å². The minimum absolute atomic E-state index is 0.0658. The largest absolute Gasteiger partial charge is 0.435 e. The van der Waals surface area contributed by atoms with Crippen LogP contribution in [0.1, 0.15) is 15.9 Å². The van der Waals surface area contributed by atoms with Crippen LogP contribution in [-0.2, 0) is 0 Å². The molecule has 1 aromatic carbocycles. The van der Waals surface area contributed by atoms with Crippen molar-refractivity contribution >= 4 is 11.7 Å². The van der Waals surface area contributed by atoms with E-state index >= 15 is 0 Å². The van der Waals surface area contributed by atoms with Crippen LogP contribution in [-0.4, -0.2) is 22.7 Å². The molecule has 0 saturated heterocycles. The summed E-state index contributed by atoms with van der Waals surface area (Å²) in [6.07, 6.45) is 1.56. The number of amides is 1. The van der Waals surface area contributed by atoms with Crippen molar-refractivity contribution in [2.45, 2.75) is 13.5 Å². The predicted octanol–water partition coefficient (Wildman–Crippen LogP) is 2.57. The lowest BCUT2D eigenvalue weighted by Crippen LogP contribution is -2.13. The molecule has 2 rings (SSSR count). The quantitative estimate of drug-likeness (QED) is 0.894. The summed E-state index contributed by atoms with van der Waals surface area (Å²) in [5.41, 5.74) is 0.987. The van der Waals surface area contributed by atoms with E-state index in [-0.39, 0.29) is 11.3 Å². The molecule has 0 saturated carbocycles. The molecule has 2 aromatic rings. The lowest BCUT2D eigenvalue weighted by Gasteiger charge is -2.07. The van der Waals surface area contributed by atoms with Crippen molar-refractivity contribution in [3.05, 3.63) is 41.6 Å². The van der Waals surface area contributed by atoms with Gasteiger partial charge in [0.25, 0.3) is 5.91 Å². The zero-order valence-electron chi connectivity index (χ0n) is 9.98. The van der Waals surface area contributed by atoms with Crippen LogP contribution in [0.5, 0.6) is 5.75 Å². The number of hydrogen-bond acceptors (Lipinski definition) is 3. The number of nitrogens with zero attached hydrogens (tertiary/aromatic N) is 1. The molecule has 0 aliphatic carbocycles. The Balaban J connectivity index is 2.13. The fourth-order valence-corrected chi connectivity index (χ4v) is 1.47. The summed E-state index contributed by atoms with van der Waals surface area (Å²) < 4.78 is 28.4. The second-order valence-corrected chi connectivity index (χ2v) is 3.79. The Morgan fingerprint density at radius 2 is 2.26 bits per heavy atom. The SMILES string of the molecule is Cc1cn[nH]c1NC(=O)c1cccc(OC(F)F)c1. The number of aromatic nitrogens is 2. The van der Waals surface area contributed by atoms with Crippen molar-refractivity contribution in [1.29, 1.82) is 0 Å². The molecule has 0 unspecified atom stereocenters. The highest BCUT2D eigenvalue weighted by Crippen LogP contribution is 2.17. The van der Waals surface area contributed by atoms with Crippen molar-refractivity contribution in [3.63, 3.8) is 0 Å². The molecule has 1 aromatic heterocycles. The molecule has 1 amide bonds. The first kappa shape index (κ1) is 13.0. The average molecular weight is 267 g/mol. The van der Waals surface area contributed by atoms with Gasteiger partial charge in [0.15, 0.2) is 0 Å². The van der Waals surface area contributed by atoms with E-state index in [1.165, 1.54) is 24.3 Å². The van der Waals surface area contributed by atoms with E-state index in [0.29, 0.717) is 5.82 Å². The summed E-state index contributed by atoms with van der Waals surface area (Å²) in [4.78, 5) is 11.9. The number of halogens is 2. The topological polar surface area (TPSA) is 67.0 Å². The monoisotopic (exact) mass is 267 g/mol. The van der Waals surface area contributed by atoms with Crippen LogP contribution in [0.4, 0.5) is 14.6 Å². The van der Waals surface area contributed by atoms with Crippen LogP contribution < -0.4 is 10.1 Å². The van der Waals surface area contributed by atoms with Gasteiger partial charge in [0.1, 0.15) is 11.6 Å². The smallest absolute Gasteiger partial charge is 0.387 e. The van der Waals surface area contributed by atoms with Crippen molar-refractivity contribution < 1.29 is 18.3 Å². The first-order valence-corrected chi connectivity index (χ1v) is 5.42. The van der Waals surface area contributed by atoms with E-state index in [1.807, 2.05) is 0 Å². The summed E-state index contributed by atoms with van der Waals surface area (Å²) in [6.45, 7) is -1.15. The number of anilines is 1. The van der Waals surface area contributed by atoms with E-state index in [2.05, 4.69) is 20.3 Å². The number of aromatic amines is 1. The van der Waals surface area contributed by atoms with Gasteiger partial charge in [0, 0.05) is 11.1 Å². The second-order valence-electron chi connectivity index (χ2n) is 3.79. The first-order chi connectivity index (χ1) is 9.06. The van der Waals surface area contributed by atoms with Crippen molar-refractivity contribution in [2.75, 3.05) is 5.32 Å². The summed E-state index contributed by atoms with van der Waals surface area (Å²) in [6, 6.07) is 5.56. The molecule has 2 N–H and O–H groups in total. The van der Waals surface area contributed by atoms with Crippen molar-refractivity contribution in [2.24, 2.45) is 0 Å². The molecule has 7 heteroatoms. The van der Waals surface area contributed by atoms with Gasteiger partial charge in [0.05, 0.1) is 6.20 Å². The summed E-state index contributed by atoms with van der Waals surface area (Å²) in [5.74, 6) is -0.0405. The van der Waals surface area contributed by atoms with Crippen molar-refractivity contribution in [3.8, 4) is 5.75 Å². The van der Waals surface area contributed by atoms with Gasteiger partial charge < -0.3 is 10.1 Å². The van der Waals surface area contributed by atoms with Crippen molar-refractivity contribution in [1.82, 2.24) is 10.2 Å². The molecular weight excluding hydrogens is 256 g/mol. The third-order valence-electron chi connectivity index (χ3n) is 2.39. The second kappa shape index (κ2) is 5.47. The number of H-pyrrole nitrogens is 1. The lowest BCUT2D eigenvalue weighted by molar-refractivity contribution is -0.0498. The van der Waals surface area contributed by atoms with E-state index in [1.54, 1.807) is 13.1 Å². The van der Waals surface area contributed by atoms with Gasteiger partial charge in [-0.2, -0.15) is 13.9 Å². The van der Waals surface area contributed by atoms with Crippen LogP contribution in [0.25, 0.3) is 0 Å². The highest BCUT2D eigenvalue weighted by atomic mass is 19.3. The summed E-state index contributed by atoms with van der Waals surface area (Å²) in [5, 5.41) is 8.97. The number of carbonyl (C=O) groups is 1. The Labute approximate surface area is 107 Å². The van der Waals surface area contributed by atoms with E-state index in [4.69, 9.17) is 0 Å². The standard InChI is InChI=1S/C12H11F2N3O2/c1-7-6-15-17-10(7)16-11(18)8-3-2-4-9(5-8)19-12(13)14/h2-6,12H,1H3,(H2,15,16,17,18). The highest BCUT2D eigenvalue weighted by Gasteiger charge is 2.11. The normalized spacial score (nSPS) is 10.5. The molecule has 0 aliphatic heterocycles. The maximum atomic E-state index is 12.1. The number of carbonyl (C=O) groups excluding carboxylic acids is 1. The van der Waals surface area contributed by atoms with Crippen LogP contribution in [0.15, 0.2) is 30.5 Å². The van der Waals surface area contributed by atoms with Crippen LogP contribution in [0.2, 0.25) is 0 Å². The molecular formula is C12H11F2N3O2. The maximum absolute atomic E-state index is 12.1. The molecule has 5 nitrogen and oxygen atoms in total.